The molecule has 1 heteroatoms. The highest BCUT2D eigenvalue weighted by Gasteiger charge is 1.98. The highest BCUT2D eigenvalue weighted by Crippen LogP contribution is 2.15. The van der Waals surface area contributed by atoms with Crippen molar-refractivity contribution in [2.75, 3.05) is 0 Å². The van der Waals surface area contributed by atoms with Crippen molar-refractivity contribution >= 4 is 6.08 Å². The fraction of sp³-hybridized carbons (Fsp3) is 0.167. The van der Waals surface area contributed by atoms with Crippen molar-refractivity contribution in [3.63, 3.8) is 0 Å². The molecule has 0 bridgehead atoms. The third kappa shape index (κ3) is 2.30. The number of rotatable bonds is 3. The second kappa shape index (κ2) is 4.63. The van der Waals surface area contributed by atoms with Gasteiger partial charge in [0, 0.05) is 0 Å². The van der Waals surface area contributed by atoms with Crippen LogP contribution in [0.1, 0.15) is 16.7 Å². The van der Waals surface area contributed by atoms with Crippen molar-refractivity contribution in [3.05, 3.63) is 53.6 Å². The second-order valence-corrected chi connectivity index (χ2v) is 2.88. The lowest BCUT2D eigenvalue weighted by Gasteiger charge is -2.05. The zero-order valence-electron chi connectivity index (χ0n) is 7.83. The molecule has 1 N–H and O–H groups in total. The summed E-state index contributed by atoms with van der Waals surface area (Å²) in [5.41, 5.74) is 3.24. The van der Waals surface area contributed by atoms with E-state index in [1.165, 1.54) is 0 Å². The highest BCUT2D eigenvalue weighted by molar-refractivity contribution is 5.56. The fourth-order valence-electron chi connectivity index (χ4n) is 1.23. The molecule has 1 aromatic carbocycles. The molecule has 0 aliphatic rings. The molecule has 0 saturated heterocycles. The quantitative estimate of drug-likeness (QED) is 0.698. The topological polar surface area (TPSA) is 20.2 Å². The Morgan fingerprint density at radius 1 is 1.46 bits per heavy atom. The molecule has 1 nitrogen and oxygen atoms in total. The molecule has 0 fully saturated rings. The van der Waals surface area contributed by atoms with Crippen LogP contribution in [0.3, 0.4) is 0 Å². The van der Waals surface area contributed by atoms with E-state index in [1.807, 2.05) is 37.3 Å². The van der Waals surface area contributed by atoms with Gasteiger partial charge in [-0.25, -0.2) is 0 Å². The molecule has 0 saturated carbocycles. The second-order valence-electron chi connectivity index (χ2n) is 2.88. The van der Waals surface area contributed by atoms with Crippen LogP contribution in [0.4, 0.5) is 0 Å². The number of benzene rings is 1. The van der Waals surface area contributed by atoms with Gasteiger partial charge in [-0.15, -0.1) is 0 Å². The van der Waals surface area contributed by atoms with Crippen LogP contribution in [0.5, 0.6) is 0 Å². The Bertz CT molecular complexity index is 324. The first kappa shape index (κ1) is 9.75. The third-order valence-corrected chi connectivity index (χ3v) is 2.07. The van der Waals surface area contributed by atoms with E-state index in [2.05, 4.69) is 6.58 Å². The van der Waals surface area contributed by atoms with Gasteiger partial charge in [-0.05, 0) is 23.6 Å². The van der Waals surface area contributed by atoms with E-state index in [0.717, 1.165) is 16.7 Å². The van der Waals surface area contributed by atoms with Crippen molar-refractivity contribution in [1.82, 2.24) is 0 Å². The first-order valence-corrected chi connectivity index (χ1v) is 4.28. The van der Waals surface area contributed by atoms with Crippen LogP contribution in [-0.4, -0.2) is 5.11 Å². The summed E-state index contributed by atoms with van der Waals surface area (Å²) in [4.78, 5) is 0. The van der Waals surface area contributed by atoms with Crippen molar-refractivity contribution in [2.45, 2.75) is 13.5 Å². The maximum absolute atomic E-state index is 9.02. The molecular formula is C12H14O. The number of hydrogen-bond acceptors (Lipinski definition) is 1. The summed E-state index contributed by atoms with van der Waals surface area (Å²) in [7, 11) is 0. The summed E-state index contributed by atoms with van der Waals surface area (Å²) < 4.78 is 0. The summed E-state index contributed by atoms with van der Waals surface area (Å²) in [5.74, 6) is 0. The molecule has 0 amide bonds. The fourth-order valence-corrected chi connectivity index (χ4v) is 1.23. The van der Waals surface area contributed by atoms with Crippen molar-refractivity contribution < 1.29 is 5.11 Å². The predicted molar refractivity (Wildman–Crippen MR) is 56.3 cm³/mol. The van der Waals surface area contributed by atoms with Crippen LogP contribution in [0.25, 0.3) is 6.08 Å². The molecule has 0 heterocycles. The van der Waals surface area contributed by atoms with Gasteiger partial charge in [-0.2, -0.15) is 0 Å². The monoisotopic (exact) mass is 174 g/mol. The van der Waals surface area contributed by atoms with E-state index in [-0.39, 0.29) is 6.61 Å². The Balaban J connectivity index is 3.07. The van der Waals surface area contributed by atoms with Gasteiger partial charge in [0.15, 0.2) is 0 Å². The Morgan fingerprint density at radius 3 is 2.85 bits per heavy atom. The van der Waals surface area contributed by atoms with Gasteiger partial charge in [0.05, 0.1) is 6.61 Å². The first-order valence-electron chi connectivity index (χ1n) is 4.28. The predicted octanol–water partition coefficient (Wildman–Crippen LogP) is 2.69. The molecule has 0 spiro atoms. The number of aliphatic hydroxyl groups excluding tert-OH is 1. The molecule has 68 valence electrons. The van der Waals surface area contributed by atoms with Gasteiger partial charge in [0.2, 0.25) is 0 Å². The van der Waals surface area contributed by atoms with Gasteiger partial charge < -0.3 is 5.11 Å². The Morgan fingerprint density at radius 2 is 2.23 bits per heavy atom. The number of aliphatic hydroxyl groups is 1. The molecule has 0 aromatic heterocycles. The van der Waals surface area contributed by atoms with Crippen LogP contribution < -0.4 is 0 Å². The zero-order valence-corrected chi connectivity index (χ0v) is 7.83. The Labute approximate surface area is 79.0 Å². The molecule has 0 radical (unpaired) electrons. The van der Waals surface area contributed by atoms with Gasteiger partial charge >= 0.3 is 0 Å². The van der Waals surface area contributed by atoms with Gasteiger partial charge in [-0.3, -0.25) is 0 Å². The van der Waals surface area contributed by atoms with Crippen LogP contribution >= 0.6 is 0 Å². The molecule has 13 heavy (non-hydrogen) atoms. The van der Waals surface area contributed by atoms with Crippen LogP contribution in [0.15, 0.2) is 36.9 Å². The van der Waals surface area contributed by atoms with Crippen molar-refractivity contribution in [1.29, 1.82) is 0 Å². The van der Waals surface area contributed by atoms with Gasteiger partial charge in [0.1, 0.15) is 0 Å². The summed E-state index contributed by atoms with van der Waals surface area (Å²) in [6.07, 6.45) is 5.62. The van der Waals surface area contributed by atoms with Crippen molar-refractivity contribution in [2.24, 2.45) is 0 Å². The van der Waals surface area contributed by atoms with E-state index in [1.54, 1.807) is 6.08 Å². The van der Waals surface area contributed by atoms with E-state index in [4.69, 9.17) is 5.11 Å². The SMILES string of the molecule is C=C/C=C\c1cccc(CO)c1C. The molecule has 0 aliphatic heterocycles. The lowest BCUT2D eigenvalue weighted by Crippen LogP contribution is -1.90. The molecule has 0 atom stereocenters. The summed E-state index contributed by atoms with van der Waals surface area (Å²) in [5, 5.41) is 9.02. The summed E-state index contributed by atoms with van der Waals surface area (Å²) in [6.45, 7) is 5.72. The van der Waals surface area contributed by atoms with E-state index < -0.39 is 0 Å². The summed E-state index contributed by atoms with van der Waals surface area (Å²) >= 11 is 0. The van der Waals surface area contributed by atoms with Crippen LogP contribution in [0, 0.1) is 6.92 Å². The van der Waals surface area contributed by atoms with Crippen LogP contribution in [-0.2, 0) is 6.61 Å². The Hall–Kier alpha value is -1.34. The maximum Gasteiger partial charge on any atom is 0.0684 e. The largest absolute Gasteiger partial charge is 0.392 e. The van der Waals surface area contributed by atoms with Gasteiger partial charge in [-0.1, -0.05) is 43.0 Å². The standard InChI is InChI=1S/C12H14O/c1-3-4-6-11-7-5-8-12(9-13)10(11)2/h3-8,13H,1,9H2,2H3/b6-4-. The lowest BCUT2D eigenvalue weighted by molar-refractivity contribution is 0.281. The zero-order chi connectivity index (χ0) is 9.68. The molecule has 1 aromatic rings. The van der Waals surface area contributed by atoms with E-state index >= 15 is 0 Å². The van der Waals surface area contributed by atoms with E-state index in [0.29, 0.717) is 0 Å². The lowest BCUT2D eigenvalue weighted by atomic mass is 10.0. The molecule has 1 rings (SSSR count). The summed E-state index contributed by atoms with van der Waals surface area (Å²) in [6, 6.07) is 5.90. The molecular weight excluding hydrogens is 160 g/mol. The highest BCUT2D eigenvalue weighted by atomic mass is 16.3. The van der Waals surface area contributed by atoms with Crippen molar-refractivity contribution in [3.8, 4) is 0 Å². The Kier molecular flexibility index (Phi) is 3.47. The third-order valence-electron chi connectivity index (χ3n) is 2.07. The number of allylic oxidation sites excluding steroid dienone is 2. The molecule has 0 aliphatic carbocycles. The van der Waals surface area contributed by atoms with Gasteiger partial charge in [0.25, 0.3) is 0 Å². The normalized spacial score (nSPS) is 10.6. The molecule has 0 unspecified atom stereocenters. The minimum Gasteiger partial charge on any atom is -0.392 e. The smallest absolute Gasteiger partial charge is 0.0684 e. The average Bonchev–Trinajstić information content (AvgIpc) is 2.16. The minimum atomic E-state index is 0.0988. The number of hydrogen-bond donors (Lipinski definition) is 1. The van der Waals surface area contributed by atoms with Crippen LogP contribution in [0.2, 0.25) is 0 Å². The minimum absolute atomic E-state index is 0.0988. The first-order chi connectivity index (χ1) is 6.29. The maximum atomic E-state index is 9.02. The average molecular weight is 174 g/mol. The van der Waals surface area contributed by atoms with E-state index in [9.17, 15) is 0 Å².